The third-order valence-electron chi connectivity index (χ3n) is 2.64. The molecule has 2 heterocycles. The van der Waals surface area contributed by atoms with Gasteiger partial charge in [-0.1, -0.05) is 25.4 Å². The van der Waals surface area contributed by atoms with Gasteiger partial charge in [-0.2, -0.15) is 0 Å². The smallest absolute Gasteiger partial charge is 0.256 e. The van der Waals surface area contributed by atoms with Crippen LogP contribution in [-0.4, -0.2) is 15.9 Å². The third-order valence-corrected chi connectivity index (χ3v) is 3.47. The van der Waals surface area contributed by atoms with Gasteiger partial charge < -0.3 is 5.32 Å². The Morgan fingerprint density at radius 3 is 2.70 bits per heavy atom. The minimum Gasteiger partial charge on any atom is -0.307 e. The summed E-state index contributed by atoms with van der Waals surface area (Å²) in [7, 11) is 0. The van der Waals surface area contributed by atoms with Crippen molar-refractivity contribution in [1.82, 2.24) is 9.97 Å². The molecule has 2 rings (SSSR count). The largest absolute Gasteiger partial charge is 0.307 e. The highest BCUT2D eigenvalue weighted by atomic mass is 127. The molecule has 0 aromatic carbocycles. The van der Waals surface area contributed by atoms with Crippen LogP contribution in [0.15, 0.2) is 30.5 Å². The average molecular weight is 402 g/mol. The Bertz CT molecular complexity index is 629. The number of carbonyl (C=O) groups excluding carboxylic acids is 1. The van der Waals surface area contributed by atoms with Gasteiger partial charge in [0.25, 0.3) is 5.91 Å². The first-order valence-corrected chi connectivity index (χ1v) is 7.52. The molecule has 6 heteroatoms. The van der Waals surface area contributed by atoms with Crippen LogP contribution >= 0.6 is 34.2 Å². The molecule has 2 aromatic heterocycles. The van der Waals surface area contributed by atoms with Crippen LogP contribution in [0.4, 0.5) is 5.82 Å². The molecular formula is C14H13ClIN3O. The number of amides is 1. The van der Waals surface area contributed by atoms with Gasteiger partial charge in [0.15, 0.2) is 0 Å². The number of carbonyl (C=O) groups is 1. The predicted molar refractivity (Wildman–Crippen MR) is 88.2 cm³/mol. The second kappa shape index (κ2) is 6.49. The van der Waals surface area contributed by atoms with Crippen molar-refractivity contribution in [2.45, 2.75) is 19.8 Å². The lowest BCUT2D eigenvalue weighted by molar-refractivity contribution is 0.102. The van der Waals surface area contributed by atoms with E-state index in [1.807, 2.05) is 19.9 Å². The summed E-state index contributed by atoms with van der Waals surface area (Å²) in [6.45, 7) is 4.00. The summed E-state index contributed by atoms with van der Waals surface area (Å²) in [5, 5.41) is 3.06. The van der Waals surface area contributed by atoms with Crippen LogP contribution in [0.5, 0.6) is 0 Å². The predicted octanol–water partition coefficient (Wildman–Crippen LogP) is 4.11. The van der Waals surface area contributed by atoms with E-state index >= 15 is 0 Å². The molecule has 104 valence electrons. The molecule has 0 unspecified atom stereocenters. The second-order valence-corrected chi connectivity index (χ2v) is 6.21. The van der Waals surface area contributed by atoms with Gasteiger partial charge >= 0.3 is 0 Å². The Morgan fingerprint density at radius 1 is 1.35 bits per heavy atom. The van der Waals surface area contributed by atoms with Gasteiger partial charge in [-0.25, -0.2) is 9.97 Å². The molecule has 0 atom stereocenters. The van der Waals surface area contributed by atoms with E-state index in [0.717, 1.165) is 9.26 Å². The van der Waals surface area contributed by atoms with Gasteiger partial charge in [0, 0.05) is 21.0 Å². The minimum absolute atomic E-state index is 0.205. The van der Waals surface area contributed by atoms with Crippen molar-refractivity contribution < 1.29 is 4.79 Å². The Kier molecular flexibility index (Phi) is 4.93. The molecule has 1 amide bonds. The van der Waals surface area contributed by atoms with Crippen LogP contribution < -0.4 is 5.32 Å². The molecule has 2 aromatic rings. The van der Waals surface area contributed by atoms with Crippen LogP contribution in [0.1, 0.15) is 35.8 Å². The Labute approximate surface area is 136 Å². The fourth-order valence-electron chi connectivity index (χ4n) is 1.58. The molecule has 0 fully saturated rings. The summed E-state index contributed by atoms with van der Waals surface area (Å²) in [5.74, 6) is 0.469. The van der Waals surface area contributed by atoms with Crippen molar-refractivity contribution in [2.75, 3.05) is 5.32 Å². The summed E-state index contributed by atoms with van der Waals surface area (Å²) in [6, 6.07) is 6.93. The molecule has 0 bridgehead atoms. The van der Waals surface area contributed by atoms with Gasteiger partial charge in [-0.05, 0) is 52.8 Å². The lowest BCUT2D eigenvalue weighted by Gasteiger charge is -2.09. The number of hydrogen-bond donors (Lipinski definition) is 1. The van der Waals surface area contributed by atoms with E-state index in [-0.39, 0.29) is 11.8 Å². The normalized spacial score (nSPS) is 10.7. The van der Waals surface area contributed by atoms with E-state index in [1.165, 1.54) is 0 Å². The molecule has 0 spiro atoms. The van der Waals surface area contributed by atoms with Crippen molar-refractivity contribution in [3.8, 4) is 0 Å². The van der Waals surface area contributed by atoms with E-state index in [0.29, 0.717) is 16.5 Å². The summed E-state index contributed by atoms with van der Waals surface area (Å²) >= 11 is 8.11. The first kappa shape index (κ1) is 15.2. The maximum Gasteiger partial charge on any atom is 0.256 e. The Balaban J connectivity index is 2.22. The standard InChI is InChI=1S/C14H13ClIN3O/c1-8(2)11-5-9(6-12(15)18-11)14(20)19-13-4-3-10(16)7-17-13/h3-8H,1-2H3,(H,17,19,20). The summed E-state index contributed by atoms with van der Waals surface area (Å²) in [6.07, 6.45) is 1.69. The van der Waals surface area contributed by atoms with Gasteiger partial charge in [0.05, 0.1) is 0 Å². The number of anilines is 1. The van der Waals surface area contributed by atoms with Crippen molar-refractivity contribution in [2.24, 2.45) is 0 Å². The van der Waals surface area contributed by atoms with E-state index < -0.39 is 0 Å². The van der Waals surface area contributed by atoms with E-state index in [9.17, 15) is 4.79 Å². The lowest BCUT2D eigenvalue weighted by Crippen LogP contribution is -2.14. The van der Waals surface area contributed by atoms with Crippen LogP contribution in [0.2, 0.25) is 5.15 Å². The first-order chi connectivity index (χ1) is 9.45. The van der Waals surface area contributed by atoms with Gasteiger partial charge in [-0.3, -0.25) is 4.79 Å². The fraction of sp³-hybridized carbons (Fsp3) is 0.214. The van der Waals surface area contributed by atoms with Gasteiger partial charge in [-0.15, -0.1) is 0 Å². The Morgan fingerprint density at radius 2 is 2.10 bits per heavy atom. The topological polar surface area (TPSA) is 54.9 Å². The highest BCUT2D eigenvalue weighted by Gasteiger charge is 2.12. The third kappa shape index (κ3) is 3.89. The number of halogens is 2. The summed E-state index contributed by atoms with van der Waals surface area (Å²) in [4.78, 5) is 20.5. The number of pyridine rings is 2. The van der Waals surface area contributed by atoms with Crippen LogP contribution in [-0.2, 0) is 0 Å². The highest BCUT2D eigenvalue weighted by Crippen LogP contribution is 2.18. The average Bonchev–Trinajstić information content (AvgIpc) is 2.40. The molecule has 20 heavy (non-hydrogen) atoms. The molecule has 1 N–H and O–H groups in total. The maximum atomic E-state index is 12.2. The number of nitrogens with one attached hydrogen (secondary N) is 1. The van der Waals surface area contributed by atoms with E-state index in [2.05, 4.69) is 37.9 Å². The van der Waals surface area contributed by atoms with Gasteiger partial charge in [0.1, 0.15) is 11.0 Å². The van der Waals surface area contributed by atoms with Crippen LogP contribution in [0.3, 0.4) is 0 Å². The molecule has 0 saturated heterocycles. The highest BCUT2D eigenvalue weighted by molar-refractivity contribution is 14.1. The SMILES string of the molecule is CC(C)c1cc(C(=O)Nc2ccc(I)cn2)cc(Cl)n1. The number of rotatable bonds is 3. The van der Waals surface area contributed by atoms with Crippen molar-refractivity contribution in [3.05, 3.63) is 50.4 Å². The van der Waals surface area contributed by atoms with Crippen molar-refractivity contribution >= 4 is 45.9 Å². The minimum atomic E-state index is -0.245. The summed E-state index contributed by atoms with van der Waals surface area (Å²) < 4.78 is 1.01. The number of nitrogens with zero attached hydrogens (tertiary/aromatic N) is 2. The van der Waals surface area contributed by atoms with Crippen LogP contribution in [0, 0.1) is 3.57 Å². The maximum absolute atomic E-state index is 12.2. The molecule has 0 aliphatic rings. The zero-order valence-electron chi connectivity index (χ0n) is 11.0. The van der Waals surface area contributed by atoms with Crippen LogP contribution in [0.25, 0.3) is 0 Å². The molecular weight excluding hydrogens is 389 g/mol. The fourth-order valence-corrected chi connectivity index (χ4v) is 2.12. The molecule has 0 radical (unpaired) electrons. The first-order valence-electron chi connectivity index (χ1n) is 6.06. The van der Waals surface area contributed by atoms with E-state index in [4.69, 9.17) is 11.6 Å². The zero-order chi connectivity index (χ0) is 14.7. The van der Waals surface area contributed by atoms with Gasteiger partial charge in [0.2, 0.25) is 0 Å². The molecule has 0 saturated carbocycles. The molecule has 0 aliphatic carbocycles. The monoisotopic (exact) mass is 401 g/mol. The lowest BCUT2D eigenvalue weighted by atomic mass is 10.1. The quantitative estimate of drug-likeness (QED) is 0.622. The van der Waals surface area contributed by atoms with Crippen molar-refractivity contribution in [3.63, 3.8) is 0 Å². The molecule has 0 aliphatic heterocycles. The zero-order valence-corrected chi connectivity index (χ0v) is 13.9. The Hall–Kier alpha value is -1.21. The molecule has 4 nitrogen and oxygen atoms in total. The van der Waals surface area contributed by atoms with Crippen molar-refractivity contribution in [1.29, 1.82) is 0 Å². The number of aromatic nitrogens is 2. The second-order valence-electron chi connectivity index (χ2n) is 4.57. The van der Waals surface area contributed by atoms with E-state index in [1.54, 1.807) is 24.4 Å². The summed E-state index contributed by atoms with van der Waals surface area (Å²) in [5.41, 5.74) is 1.27. The number of hydrogen-bond acceptors (Lipinski definition) is 3.